The lowest BCUT2D eigenvalue weighted by Crippen LogP contribution is -2.04. The van der Waals surface area contributed by atoms with E-state index in [9.17, 15) is 4.79 Å². The van der Waals surface area contributed by atoms with Gasteiger partial charge in [0, 0.05) is 18.0 Å². The van der Waals surface area contributed by atoms with Gasteiger partial charge < -0.3 is 5.73 Å². The summed E-state index contributed by atoms with van der Waals surface area (Å²) in [7, 11) is 0. The van der Waals surface area contributed by atoms with Crippen molar-refractivity contribution in [2.45, 2.75) is 19.2 Å². The predicted molar refractivity (Wildman–Crippen MR) is 54.8 cm³/mol. The van der Waals surface area contributed by atoms with Gasteiger partial charge >= 0.3 is 0 Å². The Bertz CT molecular complexity index is 323. The van der Waals surface area contributed by atoms with Gasteiger partial charge in [-0.15, -0.1) is 11.6 Å². The number of hydrogen-bond acceptors (Lipinski definition) is 2. The molecule has 0 saturated heterocycles. The molecule has 3 heteroatoms. The van der Waals surface area contributed by atoms with Gasteiger partial charge in [-0.1, -0.05) is 12.1 Å². The Balaban J connectivity index is 3.07. The minimum atomic E-state index is 0.101. The normalized spacial score (nSPS) is 10.0. The molecule has 0 bridgehead atoms. The number of ketones is 1. The van der Waals surface area contributed by atoms with Crippen LogP contribution in [-0.2, 0) is 17.1 Å². The van der Waals surface area contributed by atoms with Crippen molar-refractivity contribution in [1.29, 1.82) is 0 Å². The van der Waals surface area contributed by atoms with E-state index >= 15 is 0 Å². The van der Waals surface area contributed by atoms with Crippen molar-refractivity contribution in [3.05, 3.63) is 29.3 Å². The van der Waals surface area contributed by atoms with E-state index in [1.807, 2.05) is 12.1 Å². The molecule has 0 saturated carbocycles. The molecule has 1 aromatic carbocycles. The first kappa shape index (κ1) is 10.1. The summed E-state index contributed by atoms with van der Waals surface area (Å²) in [6, 6.07) is 5.52. The van der Waals surface area contributed by atoms with Crippen molar-refractivity contribution in [2.24, 2.45) is 0 Å². The van der Waals surface area contributed by atoms with E-state index in [0.717, 1.165) is 11.1 Å². The number of nitrogens with two attached hydrogens (primary N) is 1. The molecule has 2 nitrogen and oxygen atoms in total. The van der Waals surface area contributed by atoms with Crippen LogP contribution in [0.3, 0.4) is 0 Å². The third-order valence-corrected chi connectivity index (χ3v) is 2.17. The van der Waals surface area contributed by atoms with E-state index in [4.69, 9.17) is 17.3 Å². The van der Waals surface area contributed by atoms with Crippen molar-refractivity contribution in [1.82, 2.24) is 0 Å². The van der Waals surface area contributed by atoms with Gasteiger partial charge in [0.25, 0.3) is 0 Å². The molecule has 0 aliphatic heterocycles. The fourth-order valence-electron chi connectivity index (χ4n) is 1.24. The van der Waals surface area contributed by atoms with Gasteiger partial charge in [-0.25, -0.2) is 0 Å². The van der Waals surface area contributed by atoms with E-state index < -0.39 is 0 Å². The first-order chi connectivity index (χ1) is 6.15. The number of halogens is 1. The summed E-state index contributed by atoms with van der Waals surface area (Å²) >= 11 is 5.72. The van der Waals surface area contributed by atoms with E-state index in [2.05, 4.69) is 0 Å². The highest BCUT2D eigenvalue weighted by Gasteiger charge is 2.07. The molecule has 0 spiro atoms. The third kappa shape index (κ3) is 2.46. The highest BCUT2D eigenvalue weighted by molar-refractivity contribution is 6.17. The quantitative estimate of drug-likeness (QED) is 0.596. The summed E-state index contributed by atoms with van der Waals surface area (Å²) in [4.78, 5) is 10.9. The SMILES string of the molecule is CC(=O)Cc1c(N)cccc1CCl. The second kappa shape index (κ2) is 4.28. The Morgan fingerprint density at radius 3 is 2.77 bits per heavy atom. The van der Waals surface area contributed by atoms with Crippen molar-refractivity contribution in [3.63, 3.8) is 0 Å². The van der Waals surface area contributed by atoms with Crippen LogP contribution in [0.15, 0.2) is 18.2 Å². The summed E-state index contributed by atoms with van der Waals surface area (Å²) in [5.41, 5.74) is 8.19. The Labute approximate surface area is 82.7 Å². The first-order valence-electron chi connectivity index (χ1n) is 4.06. The van der Waals surface area contributed by atoms with Crippen LogP contribution in [0.4, 0.5) is 5.69 Å². The Hall–Kier alpha value is -1.02. The van der Waals surface area contributed by atoms with Crippen LogP contribution in [0.2, 0.25) is 0 Å². The van der Waals surface area contributed by atoms with Crippen LogP contribution < -0.4 is 5.73 Å². The fraction of sp³-hybridized carbons (Fsp3) is 0.300. The average molecular weight is 198 g/mol. The molecule has 0 heterocycles. The monoisotopic (exact) mass is 197 g/mol. The highest BCUT2D eigenvalue weighted by atomic mass is 35.5. The van der Waals surface area contributed by atoms with Crippen LogP contribution in [0.25, 0.3) is 0 Å². The molecule has 0 aliphatic rings. The molecule has 70 valence electrons. The summed E-state index contributed by atoms with van der Waals surface area (Å²) < 4.78 is 0. The molecule has 0 atom stereocenters. The number of alkyl halides is 1. The number of benzene rings is 1. The smallest absolute Gasteiger partial charge is 0.134 e. The first-order valence-corrected chi connectivity index (χ1v) is 4.60. The van der Waals surface area contributed by atoms with E-state index in [-0.39, 0.29) is 5.78 Å². The Kier molecular flexibility index (Phi) is 3.32. The summed E-state index contributed by atoms with van der Waals surface area (Å²) in [6.07, 6.45) is 0.370. The lowest BCUT2D eigenvalue weighted by Gasteiger charge is -2.07. The second-order valence-electron chi connectivity index (χ2n) is 3.00. The van der Waals surface area contributed by atoms with Gasteiger partial charge in [0.1, 0.15) is 5.78 Å². The molecule has 1 rings (SSSR count). The molecular formula is C10H12ClNO. The van der Waals surface area contributed by atoms with Crippen LogP contribution in [0.1, 0.15) is 18.1 Å². The Morgan fingerprint density at radius 1 is 1.54 bits per heavy atom. The summed E-state index contributed by atoms with van der Waals surface area (Å²) in [5.74, 6) is 0.498. The fourth-order valence-corrected chi connectivity index (χ4v) is 1.49. The topological polar surface area (TPSA) is 43.1 Å². The number of nitrogen functional groups attached to an aromatic ring is 1. The van der Waals surface area contributed by atoms with Gasteiger partial charge in [-0.2, -0.15) is 0 Å². The number of rotatable bonds is 3. The van der Waals surface area contributed by atoms with Gasteiger partial charge in [0.15, 0.2) is 0 Å². The standard InChI is InChI=1S/C10H12ClNO/c1-7(13)5-9-8(6-11)3-2-4-10(9)12/h2-4H,5-6,12H2,1H3. The summed E-state index contributed by atoms with van der Waals surface area (Å²) in [6.45, 7) is 1.55. The molecule has 0 aliphatic carbocycles. The van der Waals surface area contributed by atoms with Crippen molar-refractivity contribution in [3.8, 4) is 0 Å². The predicted octanol–water partition coefficient (Wildman–Crippen LogP) is 2.14. The molecular weight excluding hydrogens is 186 g/mol. The van der Waals surface area contributed by atoms with E-state index in [1.54, 1.807) is 13.0 Å². The van der Waals surface area contributed by atoms with Crippen LogP contribution >= 0.6 is 11.6 Å². The number of carbonyl (C=O) groups excluding carboxylic acids is 1. The van der Waals surface area contributed by atoms with E-state index in [1.165, 1.54) is 0 Å². The maximum absolute atomic E-state index is 10.9. The minimum Gasteiger partial charge on any atom is -0.398 e. The lowest BCUT2D eigenvalue weighted by atomic mass is 10.0. The summed E-state index contributed by atoms with van der Waals surface area (Å²) in [5, 5.41) is 0. The molecule has 0 amide bonds. The molecule has 0 aromatic heterocycles. The number of Topliss-reactive ketones (excluding diaryl/α,β-unsaturated/α-hetero) is 1. The maximum Gasteiger partial charge on any atom is 0.134 e. The largest absolute Gasteiger partial charge is 0.398 e. The zero-order chi connectivity index (χ0) is 9.84. The van der Waals surface area contributed by atoms with Crippen molar-refractivity contribution < 1.29 is 4.79 Å². The molecule has 13 heavy (non-hydrogen) atoms. The van der Waals surface area contributed by atoms with Crippen LogP contribution in [0.5, 0.6) is 0 Å². The number of carbonyl (C=O) groups is 1. The van der Waals surface area contributed by atoms with E-state index in [0.29, 0.717) is 18.0 Å². The second-order valence-corrected chi connectivity index (χ2v) is 3.26. The number of hydrogen-bond donors (Lipinski definition) is 1. The lowest BCUT2D eigenvalue weighted by molar-refractivity contribution is -0.116. The molecule has 0 unspecified atom stereocenters. The van der Waals surface area contributed by atoms with Crippen molar-refractivity contribution >= 4 is 23.1 Å². The number of anilines is 1. The van der Waals surface area contributed by atoms with Crippen LogP contribution in [0, 0.1) is 0 Å². The minimum absolute atomic E-state index is 0.101. The van der Waals surface area contributed by atoms with Crippen LogP contribution in [-0.4, -0.2) is 5.78 Å². The Morgan fingerprint density at radius 2 is 2.23 bits per heavy atom. The molecule has 0 radical (unpaired) electrons. The van der Waals surface area contributed by atoms with Gasteiger partial charge in [0.05, 0.1) is 0 Å². The van der Waals surface area contributed by atoms with Gasteiger partial charge in [-0.05, 0) is 24.1 Å². The maximum atomic E-state index is 10.9. The van der Waals surface area contributed by atoms with Crippen molar-refractivity contribution in [2.75, 3.05) is 5.73 Å². The third-order valence-electron chi connectivity index (χ3n) is 1.88. The average Bonchev–Trinajstić information content (AvgIpc) is 2.08. The molecule has 1 aromatic rings. The molecule has 0 fully saturated rings. The van der Waals surface area contributed by atoms with Gasteiger partial charge in [-0.3, -0.25) is 4.79 Å². The zero-order valence-corrected chi connectivity index (χ0v) is 8.27. The van der Waals surface area contributed by atoms with Gasteiger partial charge in [0.2, 0.25) is 0 Å². The molecule has 2 N–H and O–H groups in total. The zero-order valence-electron chi connectivity index (χ0n) is 7.51. The highest BCUT2D eigenvalue weighted by Crippen LogP contribution is 2.19.